The van der Waals surface area contributed by atoms with Crippen LogP contribution in [-0.2, 0) is 17.6 Å². The Morgan fingerprint density at radius 1 is 1.18 bits per heavy atom. The zero-order valence-electron chi connectivity index (χ0n) is 12.6. The standard InChI is InChI=1S/C18H20FNO2/c1-13(11-15-5-8-16(19)9-6-15)20-17-4-2-3-14(12-17)7-10-18(21)22/h2-6,8-9,12-13,20H,7,10-11H2,1H3,(H,21,22). The topological polar surface area (TPSA) is 49.3 Å². The highest BCUT2D eigenvalue weighted by Crippen LogP contribution is 2.15. The molecule has 0 aliphatic carbocycles. The first kappa shape index (κ1) is 16.0. The van der Waals surface area contributed by atoms with Gasteiger partial charge in [0.2, 0.25) is 0 Å². The maximum atomic E-state index is 12.9. The third-order valence-electron chi connectivity index (χ3n) is 3.42. The van der Waals surface area contributed by atoms with Gasteiger partial charge in [0, 0.05) is 18.2 Å². The molecule has 0 fully saturated rings. The Bertz CT molecular complexity index is 625. The normalized spacial score (nSPS) is 11.9. The second kappa shape index (κ2) is 7.59. The molecule has 22 heavy (non-hydrogen) atoms. The van der Waals surface area contributed by atoms with Crippen molar-refractivity contribution >= 4 is 11.7 Å². The van der Waals surface area contributed by atoms with Crippen LogP contribution in [-0.4, -0.2) is 17.1 Å². The highest BCUT2D eigenvalue weighted by Gasteiger charge is 2.05. The van der Waals surface area contributed by atoms with Gasteiger partial charge in [-0.05, 0) is 55.2 Å². The van der Waals surface area contributed by atoms with E-state index in [0.29, 0.717) is 6.42 Å². The van der Waals surface area contributed by atoms with Crippen LogP contribution in [0.3, 0.4) is 0 Å². The number of hydrogen-bond donors (Lipinski definition) is 2. The molecule has 1 atom stereocenters. The molecule has 0 aliphatic rings. The summed E-state index contributed by atoms with van der Waals surface area (Å²) in [6, 6.07) is 14.5. The molecule has 1 unspecified atom stereocenters. The van der Waals surface area contributed by atoms with Crippen LogP contribution in [0.15, 0.2) is 48.5 Å². The van der Waals surface area contributed by atoms with E-state index in [2.05, 4.69) is 12.2 Å². The fourth-order valence-corrected chi connectivity index (χ4v) is 2.38. The van der Waals surface area contributed by atoms with E-state index >= 15 is 0 Å². The Kier molecular flexibility index (Phi) is 5.53. The van der Waals surface area contributed by atoms with Crippen LogP contribution in [0.25, 0.3) is 0 Å². The fourth-order valence-electron chi connectivity index (χ4n) is 2.38. The minimum Gasteiger partial charge on any atom is -0.481 e. The zero-order valence-corrected chi connectivity index (χ0v) is 12.6. The van der Waals surface area contributed by atoms with E-state index < -0.39 is 5.97 Å². The first-order valence-corrected chi connectivity index (χ1v) is 7.34. The summed E-state index contributed by atoms with van der Waals surface area (Å²) < 4.78 is 12.9. The summed E-state index contributed by atoms with van der Waals surface area (Å²) in [6.45, 7) is 2.06. The number of nitrogens with one attached hydrogen (secondary N) is 1. The van der Waals surface area contributed by atoms with Crippen molar-refractivity contribution in [2.45, 2.75) is 32.2 Å². The largest absolute Gasteiger partial charge is 0.481 e. The Morgan fingerprint density at radius 3 is 2.59 bits per heavy atom. The van der Waals surface area contributed by atoms with Gasteiger partial charge in [0.05, 0.1) is 0 Å². The van der Waals surface area contributed by atoms with Crippen LogP contribution >= 0.6 is 0 Å². The van der Waals surface area contributed by atoms with Crippen molar-refractivity contribution in [1.29, 1.82) is 0 Å². The number of carbonyl (C=O) groups is 1. The van der Waals surface area contributed by atoms with Gasteiger partial charge in [-0.1, -0.05) is 24.3 Å². The lowest BCUT2D eigenvalue weighted by Gasteiger charge is -2.16. The van der Waals surface area contributed by atoms with E-state index in [1.165, 1.54) is 12.1 Å². The minimum atomic E-state index is -0.789. The van der Waals surface area contributed by atoms with Gasteiger partial charge >= 0.3 is 5.97 Å². The summed E-state index contributed by atoms with van der Waals surface area (Å²) in [5.41, 5.74) is 3.04. The zero-order chi connectivity index (χ0) is 15.9. The van der Waals surface area contributed by atoms with Crippen LogP contribution in [0.1, 0.15) is 24.5 Å². The number of halogens is 1. The Balaban J connectivity index is 1.93. The van der Waals surface area contributed by atoms with Gasteiger partial charge in [-0.15, -0.1) is 0 Å². The molecule has 4 heteroatoms. The van der Waals surface area contributed by atoms with Crippen LogP contribution < -0.4 is 5.32 Å². The number of anilines is 1. The van der Waals surface area contributed by atoms with Gasteiger partial charge in [0.1, 0.15) is 5.82 Å². The average Bonchev–Trinajstić information content (AvgIpc) is 2.48. The molecule has 0 aliphatic heterocycles. The number of rotatable bonds is 7. The van der Waals surface area contributed by atoms with Gasteiger partial charge in [-0.25, -0.2) is 4.39 Å². The molecule has 2 aromatic carbocycles. The lowest BCUT2D eigenvalue weighted by atomic mass is 10.1. The van der Waals surface area contributed by atoms with E-state index in [1.54, 1.807) is 12.1 Å². The van der Waals surface area contributed by atoms with Crippen molar-refractivity contribution in [2.75, 3.05) is 5.32 Å². The number of aliphatic carboxylic acids is 1. The molecule has 3 nitrogen and oxygen atoms in total. The molecular formula is C18H20FNO2. The SMILES string of the molecule is CC(Cc1ccc(F)cc1)Nc1cccc(CCC(=O)O)c1. The van der Waals surface area contributed by atoms with E-state index in [1.807, 2.05) is 24.3 Å². The fraction of sp³-hybridized carbons (Fsp3) is 0.278. The van der Waals surface area contributed by atoms with Gasteiger partial charge in [0.15, 0.2) is 0 Å². The summed E-state index contributed by atoms with van der Waals surface area (Å²) in [7, 11) is 0. The van der Waals surface area contributed by atoms with E-state index in [4.69, 9.17) is 5.11 Å². The van der Waals surface area contributed by atoms with Gasteiger partial charge < -0.3 is 10.4 Å². The molecule has 116 valence electrons. The predicted molar refractivity (Wildman–Crippen MR) is 85.6 cm³/mol. The van der Waals surface area contributed by atoms with E-state index in [0.717, 1.165) is 23.2 Å². The van der Waals surface area contributed by atoms with Crippen molar-refractivity contribution in [1.82, 2.24) is 0 Å². The quantitative estimate of drug-likeness (QED) is 0.816. The minimum absolute atomic E-state index is 0.134. The molecule has 2 N–H and O–H groups in total. The number of benzene rings is 2. The Morgan fingerprint density at radius 2 is 1.91 bits per heavy atom. The molecule has 0 spiro atoms. The van der Waals surface area contributed by atoms with E-state index in [9.17, 15) is 9.18 Å². The lowest BCUT2D eigenvalue weighted by Crippen LogP contribution is -2.18. The van der Waals surface area contributed by atoms with Crippen molar-refractivity contribution in [2.24, 2.45) is 0 Å². The molecule has 0 aromatic heterocycles. The van der Waals surface area contributed by atoms with Crippen LogP contribution in [0.2, 0.25) is 0 Å². The molecule has 0 amide bonds. The Hall–Kier alpha value is -2.36. The first-order valence-electron chi connectivity index (χ1n) is 7.34. The maximum absolute atomic E-state index is 12.9. The second-order valence-electron chi connectivity index (χ2n) is 5.47. The second-order valence-corrected chi connectivity index (χ2v) is 5.47. The highest BCUT2D eigenvalue weighted by molar-refractivity contribution is 5.67. The van der Waals surface area contributed by atoms with Crippen molar-refractivity contribution in [3.05, 3.63) is 65.5 Å². The summed E-state index contributed by atoms with van der Waals surface area (Å²) in [4.78, 5) is 10.6. The van der Waals surface area contributed by atoms with Gasteiger partial charge in [-0.3, -0.25) is 4.79 Å². The van der Waals surface area contributed by atoms with Crippen molar-refractivity contribution < 1.29 is 14.3 Å². The summed E-state index contributed by atoms with van der Waals surface area (Å²) in [5, 5.41) is 12.1. The smallest absolute Gasteiger partial charge is 0.303 e. The highest BCUT2D eigenvalue weighted by atomic mass is 19.1. The number of carboxylic acid groups (broad SMARTS) is 1. The van der Waals surface area contributed by atoms with Gasteiger partial charge in [0.25, 0.3) is 0 Å². The number of hydrogen-bond acceptors (Lipinski definition) is 2. The van der Waals surface area contributed by atoms with Crippen molar-refractivity contribution in [3.63, 3.8) is 0 Å². The molecule has 2 rings (SSSR count). The molecule has 2 aromatic rings. The third-order valence-corrected chi connectivity index (χ3v) is 3.42. The monoisotopic (exact) mass is 301 g/mol. The summed E-state index contributed by atoms with van der Waals surface area (Å²) in [5.74, 6) is -1.02. The van der Waals surface area contributed by atoms with Crippen LogP contribution in [0.5, 0.6) is 0 Å². The molecule has 0 radical (unpaired) electrons. The number of aryl methyl sites for hydroxylation is 1. The van der Waals surface area contributed by atoms with Gasteiger partial charge in [-0.2, -0.15) is 0 Å². The molecule has 0 bridgehead atoms. The van der Waals surface area contributed by atoms with Crippen LogP contribution in [0, 0.1) is 5.82 Å². The average molecular weight is 301 g/mol. The molecule has 0 saturated heterocycles. The molecular weight excluding hydrogens is 281 g/mol. The lowest BCUT2D eigenvalue weighted by molar-refractivity contribution is -0.136. The summed E-state index contributed by atoms with van der Waals surface area (Å²) in [6.07, 6.45) is 1.45. The maximum Gasteiger partial charge on any atom is 0.303 e. The predicted octanol–water partition coefficient (Wildman–Crippen LogP) is 3.89. The number of carboxylic acids is 1. The van der Waals surface area contributed by atoms with Crippen molar-refractivity contribution in [3.8, 4) is 0 Å². The van der Waals surface area contributed by atoms with Crippen LogP contribution in [0.4, 0.5) is 10.1 Å². The molecule has 0 saturated carbocycles. The first-order chi connectivity index (χ1) is 10.5. The van der Waals surface area contributed by atoms with E-state index in [-0.39, 0.29) is 18.3 Å². The molecule has 0 heterocycles. The summed E-state index contributed by atoms with van der Waals surface area (Å²) >= 11 is 0. The third kappa shape index (κ3) is 5.20. The Labute approximate surface area is 129 Å².